The zero-order valence-corrected chi connectivity index (χ0v) is 11.4. The normalized spacial score (nSPS) is 12.9. The third-order valence-electron chi connectivity index (χ3n) is 2.07. The molecule has 80 valence electrons. The van der Waals surface area contributed by atoms with Crippen LogP contribution in [0.5, 0.6) is 0 Å². The molecule has 0 bridgehead atoms. The number of rotatable bonds is 4. The Hall–Kier alpha value is 0.0543. The van der Waals surface area contributed by atoms with Gasteiger partial charge in [0.05, 0.1) is 0 Å². The van der Waals surface area contributed by atoms with Crippen LogP contribution in [-0.4, -0.2) is 11.6 Å². The van der Waals surface area contributed by atoms with Gasteiger partial charge in [-0.25, -0.2) is 0 Å². The van der Waals surface area contributed by atoms with Gasteiger partial charge in [0.1, 0.15) is 0 Å². The van der Waals surface area contributed by atoms with Gasteiger partial charge >= 0.3 is 0 Å². The monoisotopic (exact) mass is 232 g/mol. The predicted molar refractivity (Wildman–Crippen MR) is 53.5 cm³/mol. The van der Waals surface area contributed by atoms with Crippen LogP contribution in [0, 0.1) is 11.3 Å². The summed E-state index contributed by atoms with van der Waals surface area (Å²) in [6, 6.07) is 0. The van der Waals surface area contributed by atoms with Gasteiger partial charge in [0.15, 0.2) is 0 Å². The molecule has 14 heavy (non-hydrogen) atoms. The summed E-state index contributed by atoms with van der Waals surface area (Å²) in [7, 11) is 0. The number of carbonyl (C=O) groups is 2. The summed E-state index contributed by atoms with van der Waals surface area (Å²) in [4.78, 5) is 23.1. The van der Waals surface area contributed by atoms with Crippen LogP contribution in [0.2, 0.25) is 0 Å². The SMILES string of the molecule is CCCC(C)C(=O)C(=O)C(C)(C)C.[Ti]. The van der Waals surface area contributed by atoms with Gasteiger partial charge in [-0.2, -0.15) is 0 Å². The van der Waals surface area contributed by atoms with E-state index in [1.807, 2.05) is 13.8 Å². The molecular formula is C11H20O2Ti. The van der Waals surface area contributed by atoms with E-state index < -0.39 is 5.41 Å². The van der Waals surface area contributed by atoms with Crippen molar-refractivity contribution in [2.24, 2.45) is 11.3 Å². The van der Waals surface area contributed by atoms with E-state index in [1.54, 1.807) is 20.8 Å². The molecule has 0 spiro atoms. The van der Waals surface area contributed by atoms with Gasteiger partial charge in [0.2, 0.25) is 11.6 Å². The van der Waals surface area contributed by atoms with E-state index in [0.29, 0.717) is 0 Å². The van der Waals surface area contributed by atoms with Crippen molar-refractivity contribution in [2.45, 2.75) is 47.5 Å². The molecule has 0 saturated heterocycles. The Labute approximate surface area is 102 Å². The molecule has 0 heterocycles. The third kappa shape index (κ3) is 5.06. The molecule has 0 N–H and O–H groups in total. The molecule has 3 heteroatoms. The minimum Gasteiger partial charge on any atom is -0.291 e. The van der Waals surface area contributed by atoms with E-state index in [-0.39, 0.29) is 39.2 Å². The number of ketones is 2. The largest absolute Gasteiger partial charge is 0.291 e. The van der Waals surface area contributed by atoms with Crippen LogP contribution in [0.4, 0.5) is 0 Å². The summed E-state index contributed by atoms with van der Waals surface area (Å²) in [6.45, 7) is 9.20. The first-order valence-electron chi connectivity index (χ1n) is 4.89. The number of carbonyl (C=O) groups excluding carboxylic acids is 2. The van der Waals surface area contributed by atoms with Gasteiger partial charge in [-0.15, -0.1) is 0 Å². The topological polar surface area (TPSA) is 34.1 Å². The van der Waals surface area contributed by atoms with Gasteiger partial charge in [-0.3, -0.25) is 9.59 Å². The van der Waals surface area contributed by atoms with E-state index in [9.17, 15) is 9.59 Å². The standard InChI is InChI=1S/C11H20O2.Ti/c1-6-7-8(2)9(12)10(13)11(3,4)5;/h8H,6-7H2,1-5H3;. The molecule has 0 radical (unpaired) electrons. The summed E-state index contributed by atoms with van der Waals surface area (Å²) in [5.74, 6) is -0.570. The average Bonchev–Trinajstić information content (AvgIpc) is 2.00. The third-order valence-corrected chi connectivity index (χ3v) is 2.07. The average molecular weight is 232 g/mol. The molecule has 0 fully saturated rings. The Kier molecular flexibility index (Phi) is 7.68. The van der Waals surface area contributed by atoms with Gasteiger partial charge in [0, 0.05) is 33.1 Å². The molecule has 0 aromatic carbocycles. The molecule has 0 aliphatic rings. The van der Waals surface area contributed by atoms with Gasteiger partial charge in [-0.1, -0.05) is 41.0 Å². The second-order valence-electron chi connectivity index (χ2n) is 4.63. The maximum atomic E-state index is 11.5. The molecule has 0 aliphatic carbocycles. The molecule has 1 unspecified atom stereocenters. The van der Waals surface area contributed by atoms with Crippen molar-refractivity contribution < 1.29 is 31.3 Å². The van der Waals surface area contributed by atoms with Crippen molar-refractivity contribution >= 4 is 11.6 Å². The van der Waals surface area contributed by atoms with Crippen molar-refractivity contribution in [2.75, 3.05) is 0 Å². The van der Waals surface area contributed by atoms with Crippen LogP contribution in [0.25, 0.3) is 0 Å². The molecule has 0 rings (SSSR count). The number of hydrogen-bond donors (Lipinski definition) is 0. The van der Waals surface area contributed by atoms with E-state index in [4.69, 9.17) is 0 Å². The van der Waals surface area contributed by atoms with Crippen LogP contribution >= 0.6 is 0 Å². The number of hydrogen-bond acceptors (Lipinski definition) is 2. The molecule has 0 aromatic heterocycles. The Morgan fingerprint density at radius 1 is 1.21 bits per heavy atom. The molecule has 2 nitrogen and oxygen atoms in total. The fraction of sp³-hybridized carbons (Fsp3) is 0.818. The first-order chi connectivity index (χ1) is 5.80. The van der Waals surface area contributed by atoms with Crippen molar-refractivity contribution in [3.05, 3.63) is 0 Å². The first-order valence-corrected chi connectivity index (χ1v) is 4.89. The van der Waals surface area contributed by atoms with E-state index in [1.165, 1.54) is 0 Å². The number of Topliss-reactive ketones (excluding diaryl/α,β-unsaturated/α-hetero) is 2. The summed E-state index contributed by atoms with van der Waals surface area (Å²) < 4.78 is 0. The molecule has 0 saturated carbocycles. The molecule has 0 aromatic rings. The fourth-order valence-electron chi connectivity index (χ4n) is 1.16. The minimum atomic E-state index is -0.529. The Morgan fingerprint density at radius 3 is 1.93 bits per heavy atom. The Bertz CT molecular complexity index is 204. The summed E-state index contributed by atoms with van der Waals surface area (Å²) in [5, 5.41) is 0. The van der Waals surface area contributed by atoms with E-state index >= 15 is 0 Å². The van der Waals surface area contributed by atoms with Crippen LogP contribution < -0.4 is 0 Å². The van der Waals surface area contributed by atoms with Gasteiger partial charge < -0.3 is 0 Å². The Morgan fingerprint density at radius 2 is 1.64 bits per heavy atom. The van der Waals surface area contributed by atoms with Crippen LogP contribution in [0.15, 0.2) is 0 Å². The zero-order chi connectivity index (χ0) is 10.6. The second kappa shape index (κ2) is 6.52. The zero-order valence-electron chi connectivity index (χ0n) is 9.81. The predicted octanol–water partition coefficient (Wildman–Crippen LogP) is 2.60. The summed E-state index contributed by atoms with van der Waals surface area (Å²) in [6.07, 6.45) is 1.75. The maximum absolute atomic E-state index is 11.5. The Balaban J connectivity index is 0. The van der Waals surface area contributed by atoms with Gasteiger partial charge in [-0.05, 0) is 6.42 Å². The summed E-state index contributed by atoms with van der Waals surface area (Å²) >= 11 is 0. The van der Waals surface area contributed by atoms with Crippen molar-refractivity contribution in [1.29, 1.82) is 0 Å². The molecular weight excluding hydrogens is 212 g/mol. The van der Waals surface area contributed by atoms with Crippen LogP contribution in [0.1, 0.15) is 47.5 Å². The fourth-order valence-corrected chi connectivity index (χ4v) is 1.16. The molecule has 1 atom stereocenters. The van der Waals surface area contributed by atoms with Crippen LogP contribution in [-0.2, 0) is 31.3 Å². The van der Waals surface area contributed by atoms with Crippen molar-refractivity contribution in [3.8, 4) is 0 Å². The van der Waals surface area contributed by atoms with Crippen LogP contribution in [0.3, 0.4) is 0 Å². The first kappa shape index (κ1) is 16.5. The minimum absolute atomic E-state index is 0. The van der Waals surface area contributed by atoms with E-state index in [2.05, 4.69) is 0 Å². The van der Waals surface area contributed by atoms with Crippen molar-refractivity contribution in [1.82, 2.24) is 0 Å². The van der Waals surface area contributed by atoms with Gasteiger partial charge in [0.25, 0.3) is 0 Å². The second-order valence-corrected chi connectivity index (χ2v) is 4.63. The molecule has 0 aliphatic heterocycles. The quantitative estimate of drug-likeness (QED) is 0.551. The van der Waals surface area contributed by atoms with E-state index in [0.717, 1.165) is 12.8 Å². The summed E-state index contributed by atoms with van der Waals surface area (Å²) in [5.41, 5.74) is -0.529. The van der Waals surface area contributed by atoms with Crippen molar-refractivity contribution in [3.63, 3.8) is 0 Å². The maximum Gasteiger partial charge on any atom is 0.203 e. The molecule has 0 amide bonds. The smallest absolute Gasteiger partial charge is 0.203 e.